The Labute approximate surface area is 136 Å². The molecule has 1 aliphatic rings. The summed E-state index contributed by atoms with van der Waals surface area (Å²) in [7, 11) is 0. The van der Waals surface area contributed by atoms with Crippen LogP contribution in [0.2, 0.25) is 0 Å². The fraction of sp³-hybridized carbons (Fsp3) is 0.333. The molecule has 0 amide bonds. The van der Waals surface area contributed by atoms with Crippen LogP contribution in [-0.2, 0) is 0 Å². The summed E-state index contributed by atoms with van der Waals surface area (Å²) < 4.78 is 0. The Balaban J connectivity index is 1.53. The summed E-state index contributed by atoms with van der Waals surface area (Å²) in [5.74, 6) is 0.909. The first-order valence-electron chi connectivity index (χ1n) is 7.83. The number of hydrogen-bond acceptors (Lipinski definition) is 5. The molecule has 0 unspecified atom stereocenters. The van der Waals surface area contributed by atoms with E-state index in [4.69, 9.17) is 5.26 Å². The second-order valence-corrected chi connectivity index (χ2v) is 5.73. The lowest BCUT2D eigenvalue weighted by Gasteiger charge is -2.36. The number of pyridine rings is 1. The number of rotatable bonds is 4. The van der Waals surface area contributed by atoms with Crippen LogP contribution < -0.4 is 4.90 Å². The van der Waals surface area contributed by atoms with E-state index in [1.807, 2.05) is 36.4 Å². The number of benzene rings is 1. The van der Waals surface area contributed by atoms with Crippen molar-refractivity contribution in [1.29, 1.82) is 5.26 Å². The number of piperazine rings is 1. The van der Waals surface area contributed by atoms with Gasteiger partial charge in [0.25, 0.3) is 0 Å². The highest BCUT2D eigenvalue weighted by Gasteiger charge is 2.20. The van der Waals surface area contributed by atoms with Gasteiger partial charge in [0.05, 0.1) is 11.7 Å². The number of nitrogens with zero attached hydrogens (tertiary/aromatic N) is 4. The maximum atomic E-state index is 10.3. The van der Waals surface area contributed by atoms with Crippen LogP contribution in [0.15, 0.2) is 48.7 Å². The van der Waals surface area contributed by atoms with E-state index in [1.54, 1.807) is 12.3 Å². The summed E-state index contributed by atoms with van der Waals surface area (Å²) >= 11 is 0. The molecule has 0 radical (unpaired) electrons. The van der Waals surface area contributed by atoms with Crippen molar-refractivity contribution < 1.29 is 5.11 Å². The van der Waals surface area contributed by atoms with Crippen molar-refractivity contribution in [2.75, 3.05) is 37.6 Å². The van der Waals surface area contributed by atoms with Gasteiger partial charge in [0.1, 0.15) is 11.9 Å². The highest BCUT2D eigenvalue weighted by Crippen LogP contribution is 2.17. The predicted molar refractivity (Wildman–Crippen MR) is 89.0 cm³/mol. The van der Waals surface area contributed by atoms with Crippen LogP contribution in [0, 0.1) is 11.3 Å². The largest absolute Gasteiger partial charge is 0.387 e. The third-order valence-corrected chi connectivity index (χ3v) is 4.19. The van der Waals surface area contributed by atoms with Crippen LogP contribution in [0.1, 0.15) is 17.2 Å². The summed E-state index contributed by atoms with van der Waals surface area (Å²) in [6, 6.07) is 15.6. The Morgan fingerprint density at radius 1 is 1.09 bits per heavy atom. The fourth-order valence-electron chi connectivity index (χ4n) is 2.82. The number of hydrogen-bond donors (Lipinski definition) is 1. The van der Waals surface area contributed by atoms with Gasteiger partial charge in [0.15, 0.2) is 0 Å². The summed E-state index contributed by atoms with van der Waals surface area (Å²) in [5, 5.41) is 19.1. The normalized spacial score (nSPS) is 16.8. The van der Waals surface area contributed by atoms with Gasteiger partial charge in [0, 0.05) is 38.9 Å². The van der Waals surface area contributed by atoms with Gasteiger partial charge in [0.2, 0.25) is 0 Å². The van der Waals surface area contributed by atoms with Crippen molar-refractivity contribution in [3.05, 3.63) is 59.8 Å². The van der Waals surface area contributed by atoms with Crippen molar-refractivity contribution in [3.8, 4) is 6.07 Å². The molecule has 1 aliphatic heterocycles. The lowest BCUT2D eigenvalue weighted by molar-refractivity contribution is 0.109. The molecular weight excluding hydrogens is 288 g/mol. The van der Waals surface area contributed by atoms with Crippen LogP contribution in [-0.4, -0.2) is 47.7 Å². The summed E-state index contributed by atoms with van der Waals surface area (Å²) in [4.78, 5) is 8.83. The highest BCUT2D eigenvalue weighted by atomic mass is 16.3. The molecule has 23 heavy (non-hydrogen) atoms. The molecule has 2 aromatic rings. The third-order valence-electron chi connectivity index (χ3n) is 4.19. The molecular formula is C18H20N4O. The first-order valence-corrected chi connectivity index (χ1v) is 7.83. The lowest BCUT2D eigenvalue weighted by atomic mass is 10.1. The summed E-state index contributed by atoms with van der Waals surface area (Å²) in [5.41, 5.74) is 1.54. The minimum absolute atomic E-state index is 0.448. The van der Waals surface area contributed by atoms with Gasteiger partial charge in [-0.15, -0.1) is 0 Å². The highest BCUT2D eigenvalue weighted by molar-refractivity contribution is 5.42. The smallest absolute Gasteiger partial charge is 0.128 e. The molecule has 1 fully saturated rings. The molecule has 3 rings (SSSR count). The van der Waals surface area contributed by atoms with Gasteiger partial charge in [-0.3, -0.25) is 4.90 Å². The molecule has 0 bridgehead atoms. The summed E-state index contributed by atoms with van der Waals surface area (Å²) in [6.45, 7) is 4.19. The number of β-amino-alcohol motifs (C(OH)–C–C–N with tert-alkyl or cyclic N) is 1. The molecule has 1 aromatic carbocycles. The first-order chi connectivity index (χ1) is 11.3. The quantitative estimate of drug-likeness (QED) is 0.933. The van der Waals surface area contributed by atoms with Crippen LogP contribution in [0.3, 0.4) is 0 Å². The number of anilines is 1. The topological polar surface area (TPSA) is 63.4 Å². The van der Waals surface area contributed by atoms with Gasteiger partial charge in [-0.1, -0.05) is 30.3 Å². The number of nitriles is 1. The number of aromatic nitrogens is 1. The Morgan fingerprint density at radius 2 is 1.83 bits per heavy atom. The second kappa shape index (κ2) is 7.23. The monoisotopic (exact) mass is 308 g/mol. The zero-order valence-corrected chi connectivity index (χ0v) is 13.0. The van der Waals surface area contributed by atoms with Crippen molar-refractivity contribution in [1.82, 2.24) is 9.88 Å². The van der Waals surface area contributed by atoms with Crippen molar-refractivity contribution in [2.45, 2.75) is 6.10 Å². The number of aliphatic hydroxyl groups is 1. The van der Waals surface area contributed by atoms with Gasteiger partial charge < -0.3 is 10.0 Å². The molecule has 118 valence electrons. The van der Waals surface area contributed by atoms with E-state index in [0.29, 0.717) is 12.1 Å². The van der Waals surface area contributed by atoms with E-state index in [1.165, 1.54) is 0 Å². The molecule has 2 heterocycles. The molecule has 0 spiro atoms. The Hall–Kier alpha value is -2.42. The molecule has 1 atom stereocenters. The Kier molecular flexibility index (Phi) is 4.86. The van der Waals surface area contributed by atoms with Crippen LogP contribution in [0.5, 0.6) is 0 Å². The SMILES string of the molecule is N#Cc1ccc(N2CCN(C[C@H](O)c3ccccc3)CC2)nc1. The minimum atomic E-state index is -0.448. The van der Waals surface area contributed by atoms with Gasteiger partial charge in [-0.25, -0.2) is 4.98 Å². The zero-order chi connectivity index (χ0) is 16.1. The van der Waals surface area contributed by atoms with Crippen LogP contribution >= 0.6 is 0 Å². The fourth-order valence-corrected chi connectivity index (χ4v) is 2.82. The van der Waals surface area contributed by atoms with Crippen LogP contribution in [0.4, 0.5) is 5.82 Å². The van der Waals surface area contributed by atoms with E-state index in [9.17, 15) is 5.11 Å². The van der Waals surface area contributed by atoms with Gasteiger partial charge in [-0.2, -0.15) is 5.26 Å². The van der Waals surface area contributed by atoms with E-state index in [-0.39, 0.29) is 0 Å². The molecule has 1 N–H and O–H groups in total. The molecule has 1 saturated heterocycles. The van der Waals surface area contributed by atoms with Crippen molar-refractivity contribution >= 4 is 5.82 Å². The Bertz CT molecular complexity index is 658. The molecule has 5 heteroatoms. The standard InChI is InChI=1S/C18H20N4O/c19-12-15-6-7-18(20-13-15)22-10-8-21(9-11-22)14-17(23)16-4-2-1-3-5-16/h1-7,13,17,23H,8-11,14H2/t17-/m0/s1. The predicted octanol–water partition coefficient (Wildman–Crippen LogP) is 1.81. The molecule has 1 aromatic heterocycles. The third kappa shape index (κ3) is 3.86. The van der Waals surface area contributed by atoms with Gasteiger partial charge >= 0.3 is 0 Å². The van der Waals surface area contributed by atoms with E-state index >= 15 is 0 Å². The van der Waals surface area contributed by atoms with Crippen molar-refractivity contribution in [2.24, 2.45) is 0 Å². The average Bonchev–Trinajstić information content (AvgIpc) is 2.63. The maximum absolute atomic E-state index is 10.3. The minimum Gasteiger partial charge on any atom is -0.387 e. The Morgan fingerprint density at radius 3 is 2.43 bits per heavy atom. The zero-order valence-electron chi connectivity index (χ0n) is 13.0. The number of aliphatic hydroxyl groups excluding tert-OH is 1. The average molecular weight is 308 g/mol. The molecule has 0 aliphatic carbocycles. The van der Waals surface area contributed by atoms with Crippen molar-refractivity contribution in [3.63, 3.8) is 0 Å². The van der Waals surface area contributed by atoms with E-state index in [0.717, 1.165) is 37.6 Å². The van der Waals surface area contributed by atoms with Crippen LogP contribution in [0.25, 0.3) is 0 Å². The first kappa shape index (κ1) is 15.5. The maximum Gasteiger partial charge on any atom is 0.128 e. The van der Waals surface area contributed by atoms with E-state index in [2.05, 4.69) is 20.9 Å². The second-order valence-electron chi connectivity index (χ2n) is 5.73. The van der Waals surface area contributed by atoms with Gasteiger partial charge in [-0.05, 0) is 17.7 Å². The lowest BCUT2D eigenvalue weighted by Crippen LogP contribution is -2.47. The molecule has 0 saturated carbocycles. The summed E-state index contributed by atoms with van der Waals surface area (Å²) in [6.07, 6.45) is 1.16. The van der Waals surface area contributed by atoms with E-state index < -0.39 is 6.10 Å². The molecule has 5 nitrogen and oxygen atoms in total.